The molecule has 0 aliphatic heterocycles. The number of carbonyl (C=O) groups is 1. The number of hydrogen-bond acceptors (Lipinski definition) is 4. The van der Waals surface area contributed by atoms with Crippen LogP contribution < -0.4 is 10.0 Å². The van der Waals surface area contributed by atoms with Gasteiger partial charge in [0.05, 0.1) is 6.54 Å². The van der Waals surface area contributed by atoms with Gasteiger partial charge < -0.3 is 5.32 Å². The van der Waals surface area contributed by atoms with E-state index in [0.717, 1.165) is 16.9 Å². The van der Waals surface area contributed by atoms with Gasteiger partial charge in [0.15, 0.2) is 0 Å². The minimum absolute atomic E-state index is 0.100. The summed E-state index contributed by atoms with van der Waals surface area (Å²) in [5.74, 6) is 0.441. The standard InChI is InChI=1S/C21H30N2O3S2/c1-6-15(4)17-7-9-18(10-8-17)21(14(2)3)23-28(25,26)20-12-11-19(27-20)13-22-16(5)24/h7-12,14-15,21,23H,6,13H2,1-5H3,(H,22,24). The highest BCUT2D eigenvalue weighted by Gasteiger charge is 2.25. The van der Waals surface area contributed by atoms with Crippen molar-refractivity contribution in [3.8, 4) is 0 Å². The lowest BCUT2D eigenvalue weighted by Gasteiger charge is -2.23. The highest BCUT2D eigenvalue weighted by atomic mass is 32.2. The van der Waals surface area contributed by atoms with E-state index in [0.29, 0.717) is 12.5 Å². The molecular formula is C21H30N2O3S2. The first-order valence-electron chi connectivity index (χ1n) is 9.59. The lowest BCUT2D eigenvalue weighted by atomic mass is 9.93. The predicted octanol–water partition coefficient (Wildman–Crippen LogP) is 4.57. The second-order valence-electron chi connectivity index (χ2n) is 7.45. The average Bonchev–Trinajstić information content (AvgIpc) is 3.14. The molecule has 0 saturated carbocycles. The quantitative estimate of drug-likeness (QED) is 0.621. The van der Waals surface area contributed by atoms with Gasteiger partial charge in [0.2, 0.25) is 5.91 Å². The van der Waals surface area contributed by atoms with Crippen LogP contribution in [0.3, 0.4) is 0 Å². The fraction of sp³-hybridized carbons (Fsp3) is 0.476. The Balaban J connectivity index is 2.20. The minimum Gasteiger partial charge on any atom is -0.351 e. The summed E-state index contributed by atoms with van der Waals surface area (Å²) in [4.78, 5) is 11.8. The number of sulfonamides is 1. The maximum absolute atomic E-state index is 12.9. The van der Waals surface area contributed by atoms with Gasteiger partial charge in [-0.05, 0) is 41.5 Å². The number of rotatable bonds is 9. The minimum atomic E-state index is -3.65. The molecule has 0 fully saturated rings. The van der Waals surface area contributed by atoms with Crippen LogP contribution in [0, 0.1) is 5.92 Å². The van der Waals surface area contributed by atoms with Crippen molar-refractivity contribution in [3.05, 3.63) is 52.4 Å². The molecule has 0 aliphatic carbocycles. The molecule has 0 radical (unpaired) electrons. The van der Waals surface area contributed by atoms with Crippen LogP contribution in [0.4, 0.5) is 0 Å². The second kappa shape index (κ2) is 9.67. The third-order valence-electron chi connectivity index (χ3n) is 4.84. The van der Waals surface area contributed by atoms with Crippen LogP contribution in [0.15, 0.2) is 40.6 Å². The lowest BCUT2D eigenvalue weighted by molar-refractivity contribution is -0.119. The molecule has 0 saturated heterocycles. The zero-order chi connectivity index (χ0) is 20.9. The summed E-state index contributed by atoms with van der Waals surface area (Å²) in [5.41, 5.74) is 2.22. The highest BCUT2D eigenvalue weighted by molar-refractivity contribution is 7.91. The van der Waals surface area contributed by atoms with Crippen LogP contribution >= 0.6 is 11.3 Å². The third kappa shape index (κ3) is 5.90. The number of hydrogen-bond donors (Lipinski definition) is 2. The Labute approximate surface area is 172 Å². The average molecular weight is 423 g/mol. The van der Waals surface area contributed by atoms with Crippen LogP contribution in [0.5, 0.6) is 0 Å². The first-order valence-corrected chi connectivity index (χ1v) is 11.9. The largest absolute Gasteiger partial charge is 0.351 e. The Morgan fingerprint density at radius 3 is 2.18 bits per heavy atom. The molecule has 7 heteroatoms. The first kappa shape index (κ1) is 22.6. The Hall–Kier alpha value is -1.70. The summed E-state index contributed by atoms with van der Waals surface area (Å²) in [6.45, 7) is 10.1. The Bertz CT molecular complexity index is 887. The molecular weight excluding hydrogens is 392 g/mol. The molecule has 154 valence electrons. The van der Waals surface area contributed by atoms with Gasteiger partial charge in [-0.15, -0.1) is 11.3 Å². The van der Waals surface area contributed by atoms with Crippen LogP contribution in [0.2, 0.25) is 0 Å². The van der Waals surface area contributed by atoms with E-state index in [1.54, 1.807) is 12.1 Å². The van der Waals surface area contributed by atoms with E-state index in [-0.39, 0.29) is 22.1 Å². The summed E-state index contributed by atoms with van der Waals surface area (Å²) >= 11 is 1.17. The third-order valence-corrected chi connectivity index (χ3v) is 7.86. The molecule has 0 aliphatic rings. The summed E-state index contributed by atoms with van der Waals surface area (Å²) in [6, 6.07) is 11.2. The summed E-state index contributed by atoms with van der Waals surface area (Å²) < 4.78 is 28.9. The molecule has 0 spiro atoms. The predicted molar refractivity (Wildman–Crippen MR) is 115 cm³/mol. The molecule has 1 heterocycles. The number of benzene rings is 1. The van der Waals surface area contributed by atoms with Gasteiger partial charge in [-0.1, -0.05) is 52.0 Å². The molecule has 2 aromatic rings. The Kier molecular flexibility index (Phi) is 7.80. The van der Waals surface area contributed by atoms with Crippen molar-refractivity contribution in [1.29, 1.82) is 0 Å². The molecule has 1 amide bonds. The first-order chi connectivity index (χ1) is 13.1. The van der Waals surface area contributed by atoms with Gasteiger partial charge in [-0.25, -0.2) is 13.1 Å². The van der Waals surface area contributed by atoms with Gasteiger partial charge in [0.25, 0.3) is 10.0 Å². The van der Waals surface area contributed by atoms with E-state index < -0.39 is 10.0 Å². The van der Waals surface area contributed by atoms with Crippen molar-refractivity contribution in [1.82, 2.24) is 10.0 Å². The van der Waals surface area contributed by atoms with Crippen LogP contribution in [-0.4, -0.2) is 14.3 Å². The fourth-order valence-electron chi connectivity index (χ4n) is 2.89. The molecule has 5 nitrogen and oxygen atoms in total. The maximum atomic E-state index is 12.9. The zero-order valence-corrected chi connectivity index (χ0v) is 18.8. The monoisotopic (exact) mass is 422 g/mol. The number of carbonyl (C=O) groups excluding carboxylic acids is 1. The van der Waals surface area contributed by atoms with Crippen molar-refractivity contribution in [3.63, 3.8) is 0 Å². The normalized spacial score (nSPS) is 14.1. The van der Waals surface area contributed by atoms with Crippen molar-refractivity contribution < 1.29 is 13.2 Å². The maximum Gasteiger partial charge on any atom is 0.250 e. The summed E-state index contributed by atoms with van der Waals surface area (Å²) in [6.07, 6.45) is 1.07. The molecule has 2 N–H and O–H groups in total. The molecule has 2 rings (SSSR count). The van der Waals surface area contributed by atoms with Crippen molar-refractivity contribution in [2.45, 2.75) is 63.8 Å². The van der Waals surface area contributed by atoms with E-state index in [2.05, 4.69) is 36.0 Å². The molecule has 0 bridgehead atoms. The van der Waals surface area contributed by atoms with Gasteiger partial charge in [-0.2, -0.15) is 0 Å². The van der Waals surface area contributed by atoms with Gasteiger partial charge in [0.1, 0.15) is 4.21 Å². The van der Waals surface area contributed by atoms with Crippen LogP contribution in [0.1, 0.15) is 69.0 Å². The molecule has 1 aromatic heterocycles. The van der Waals surface area contributed by atoms with Gasteiger partial charge >= 0.3 is 0 Å². The Morgan fingerprint density at radius 2 is 1.64 bits per heavy atom. The lowest BCUT2D eigenvalue weighted by Crippen LogP contribution is -2.31. The molecule has 2 atom stereocenters. The summed E-state index contributed by atoms with van der Waals surface area (Å²) in [5, 5.41) is 2.69. The van der Waals surface area contributed by atoms with Crippen LogP contribution in [0.25, 0.3) is 0 Å². The van der Waals surface area contributed by atoms with E-state index in [4.69, 9.17) is 0 Å². The van der Waals surface area contributed by atoms with Gasteiger partial charge in [-0.3, -0.25) is 4.79 Å². The van der Waals surface area contributed by atoms with Crippen molar-refractivity contribution >= 4 is 27.3 Å². The van der Waals surface area contributed by atoms with Crippen molar-refractivity contribution in [2.75, 3.05) is 0 Å². The van der Waals surface area contributed by atoms with E-state index in [1.807, 2.05) is 26.0 Å². The number of amides is 1. The smallest absolute Gasteiger partial charge is 0.250 e. The number of thiophene rings is 1. The molecule has 1 aromatic carbocycles. The molecule has 2 unspecified atom stereocenters. The highest BCUT2D eigenvalue weighted by Crippen LogP contribution is 2.29. The van der Waals surface area contributed by atoms with Gasteiger partial charge in [0, 0.05) is 17.8 Å². The van der Waals surface area contributed by atoms with E-state index >= 15 is 0 Å². The summed E-state index contributed by atoms with van der Waals surface area (Å²) in [7, 11) is -3.65. The van der Waals surface area contributed by atoms with Crippen LogP contribution in [-0.2, 0) is 21.4 Å². The van der Waals surface area contributed by atoms with E-state index in [9.17, 15) is 13.2 Å². The second-order valence-corrected chi connectivity index (χ2v) is 10.6. The fourth-order valence-corrected chi connectivity index (χ4v) is 5.58. The SMILES string of the molecule is CCC(C)c1ccc(C(NS(=O)(=O)c2ccc(CNC(C)=O)s2)C(C)C)cc1. The zero-order valence-electron chi connectivity index (χ0n) is 17.2. The Morgan fingerprint density at radius 1 is 1.04 bits per heavy atom. The van der Waals surface area contributed by atoms with E-state index in [1.165, 1.54) is 23.8 Å². The van der Waals surface area contributed by atoms with Crippen molar-refractivity contribution in [2.24, 2.45) is 5.92 Å². The molecule has 28 heavy (non-hydrogen) atoms. The topological polar surface area (TPSA) is 75.3 Å². The number of nitrogens with one attached hydrogen (secondary N) is 2.